The lowest BCUT2D eigenvalue weighted by molar-refractivity contribution is -0.137. The molecule has 1 N–H and O–H groups in total. The summed E-state index contributed by atoms with van der Waals surface area (Å²) in [5, 5.41) is 8.85. The second-order valence-electron chi connectivity index (χ2n) is 4.69. The van der Waals surface area contributed by atoms with Gasteiger partial charge in [0.15, 0.2) is 0 Å². The number of carboxylic acid groups (broad SMARTS) is 1. The number of amides is 2. The second-order valence-corrected chi connectivity index (χ2v) is 4.69. The summed E-state index contributed by atoms with van der Waals surface area (Å²) in [4.78, 5) is 26.0. The van der Waals surface area contributed by atoms with Crippen molar-refractivity contribution in [2.45, 2.75) is 27.2 Å². The standard InChI is InChI=1S/C13H24N2O3/c1-5-7-14(8-6-2)13(18)15(9-11(3)4)10-12(16)17/h5,11H,1,6-10H2,2-4H3,(H,16,17). The van der Waals surface area contributed by atoms with Gasteiger partial charge in [0.05, 0.1) is 0 Å². The van der Waals surface area contributed by atoms with Crippen molar-refractivity contribution in [1.82, 2.24) is 9.80 Å². The van der Waals surface area contributed by atoms with Gasteiger partial charge in [-0.1, -0.05) is 26.8 Å². The molecule has 0 rings (SSSR count). The molecule has 5 heteroatoms. The van der Waals surface area contributed by atoms with E-state index >= 15 is 0 Å². The lowest BCUT2D eigenvalue weighted by Crippen LogP contribution is -2.47. The molecule has 0 radical (unpaired) electrons. The summed E-state index contributed by atoms with van der Waals surface area (Å²) >= 11 is 0. The highest BCUT2D eigenvalue weighted by Gasteiger charge is 2.22. The van der Waals surface area contributed by atoms with Crippen LogP contribution >= 0.6 is 0 Å². The number of carbonyl (C=O) groups is 2. The van der Waals surface area contributed by atoms with E-state index in [1.165, 1.54) is 4.90 Å². The van der Waals surface area contributed by atoms with Crippen molar-refractivity contribution in [1.29, 1.82) is 0 Å². The molecule has 0 aromatic rings. The van der Waals surface area contributed by atoms with E-state index in [0.717, 1.165) is 6.42 Å². The predicted octanol–water partition coefficient (Wildman–Crippen LogP) is 2.05. The fourth-order valence-corrected chi connectivity index (χ4v) is 1.71. The van der Waals surface area contributed by atoms with Gasteiger partial charge in [0.25, 0.3) is 0 Å². The van der Waals surface area contributed by atoms with Gasteiger partial charge < -0.3 is 14.9 Å². The van der Waals surface area contributed by atoms with Crippen LogP contribution in [0.5, 0.6) is 0 Å². The Bertz CT molecular complexity index is 290. The van der Waals surface area contributed by atoms with Crippen molar-refractivity contribution in [3.8, 4) is 0 Å². The lowest BCUT2D eigenvalue weighted by atomic mass is 10.2. The molecule has 104 valence electrons. The Morgan fingerprint density at radius 3 is 2.33 bits per heavy atom. The number of hydrogen-bond acceptors (Lipinski definition) is 2. The highest BCUT2D eigenvalue weighted by atomic mass is 16.4. The molecule has 5 nitrogen and oxygen atoms in total. The molecule has 0 atom stereocenters. The molecule has 18 heavy (non-hydrogen) atoms. The molecule has 0 saturated heterocycles. The van der Waals surface area contributed by atoms with E-state index in [-0.39, 0.29) is 18.5 Å². The van der Waals surface area contributed by atoms with E-state index in [1.54, 1.807) is 11.0 Å². The van der Waals surface area contributed by atoms with Crippen molar-refractivity contribution < 1.29 is 14.7 Å². The van der Waals surface area contributed by atoms with Crippen LogP contribution in [0.1, 0.15) is 27.2 Å². The van der Waals surface area contributed by atoms with Crippen LogP contribution in [0.15, 0.2) is 12.7 Å². The second kappa shape index (κ2) is 8.55. The molecule has 0 heterocycles. The number of urea groups is 1. The van der Waals surface area contributed by atoms with Crippen molar-refractivity contribution >= 4 is 12.0 Å². The third-order valence-corrected chi connectivity index (χ3v) is 2.30. The number of carbonyl (C=O) groups excluding carboxylic acids is 1. The monoisotopic (exact) mass is 256 g/mol. The minimum atomic E-state index is -0.987. The van der Waals surface area contributed by atoms with Gasteiger partial charge in [-0.3, -0.25) is 4.79 Å². The van der Waals surface area contributed by atoms with Crippen molar-refractivity contribution in [3.05, 3.63) is 12.7 Å². The van der Waals surface area contributed by atoms with Crippen LogP contribution in [-0.4, -0.2) is 53.1 Å². The Morgan fingerprint density at radius 1 is 1.33 bits per heavy atom. The largest absolute Gasteiger partial charge is 0.480 e. The van der Waals surface area contributed by atoms with E-state index < -0.39 is 5.97 Å². The average molecular weight is 256 g/mol. The Morgan fingerprint density at radius 2 is 1.94 bits per heavy atom. The number of hydrogen-bond donors (Lipinski definition) is 1. The van der Waals surface area contributed by atoms with Crippen LogP contribution in [0, 0.1) is 5.92 Å². The van der Waals surface area contributed by atoms with Crippen LogP contribution < -0.4 is 0 Å². The Labute approximate surface area is 109 Å². The Hall–Kier alpha value is -1.52. The molecule has 0 saturated carbocycles. The highest BCUT2D eigenvalue weighted by molar-refractivity contribution is 5.80. The first-order valence-corrected chi connectivity index (χ1v) is 6.28. The molecule has 0 fully saturated rings. The Balaban J connectivity index is 4.76. The molecule has 0 bridgehead atoms. The van der Waals surface area contributed by atoms with Crippen LogP contribution in [0.2, 0.25) is 0 Å². The summed E-state index contributed by atoms with van der Waals surface area (Å²) in [5.41, 5.74) is 0. The number of rotatable bonds is 8. The van der Waals surface area contributed by atoms with Crippen molar-refractivity contribution in [3.63, 3.8) is 0 Å². The third-order valence-electron chi connectivity index (χ3n) is 2.30. The summed E-state index contributed by atoms with van der Waals surface area (Å²) in [7, 11) is 0. The number of carboxylic acids is 1. The van der Waals surface area contributed by atoms with Crippen LogP contribution in [0.4, 0.5) is 4.79 Å². The van der Waals surface area contributed by atoms with E-state index in [4.69, 9.17) is 5.11 Å². The zero-order valence-corrected chi connectivity index (χ0v) is 11.6. The summed E-state index contributed by atoms with van der Waals surface area (Å²) in [6.45, 7) is 10.8. The fraction of sp³-hybridized carbons (Fsp3) is 0.692. The van der Waals surface area contributed by atoms with Crippen molar-refractivity contribution in [2.24, 2.45) is 5.92 Å². The summed E-state index contributed by atoms with van der Waals surface area (Å²) < 4.78 is 0. The molecule has 2 amide bonds. The first-order chi connectivity index (χ1) is 8.42. The van der Waals surface area contributed by atoms with Crippen LogP contribution in [0.25, 0.3) is 0 Å². The lowest BCUT2D eigenvalue weighted by Gasteiger charge is -2.30. The number of nitrogens with zero attached hydrogens (tertiary/aromatic N) is 2. The normalized spacial score (nSPS) is 10.2. The minimum Gasteiger partial charge on any atom is -0.480 e. The first kappa shape index (κ1) is 16.5. The van der Waals surface area contributed by atoms with Gasteiger partial charge in [-0.25, -0.2) is 4.79 Å². The molecule has 0 spiro atoms. The Kier molecular flexibility index (Phi) is 7.83. The smallest absolute Gasteiger partial charge is 0.323 e. The zero-order valence-electron chi connectivity index (χ0n) is 11.6. The molecular formula is C13H24N2O3. The fourth-order valence-electron chi connectivity index (χ4n) is 1.71. The summed E-state index contributed by atoms with van der Waals surface area (Å²) in [6.07, 6.45) is 2.49. The maximum atomic E-state index is 12.2. The van der Waals surface area contributed by atoms with Gasteiger partial charge in [-0.2, -0.15) is 0 Å². The SMILES string of the molecule is C=CCN(CCC)C(=O)N(CC(=O)O)CC(C)C. The van der Waals surface area contributed by atoms with Gasteiger partial charge >= 0.3 is 12.0 Å². The van der Waals surface area contributed by atoms with E-state index in [0.29, 0.717) is 19.6 Å². The quantitative estimate of drug-likeness (QED) is 0.676. The van der Waals surface area contributed by atoms with E-state index in [1.807, 2.05) is 20.8 Å². The topological polar surface area (TPSA) is 60.9 Å². The highest BCUT2D eigenvalue weighted by Crippen LogP contribution is 2.05. The maximum Gasteiger partial charge on any atom is 0.323 e. The van der Waals surface area contributed by atoms with Gasteiger partial charge in [-0.05, 0) is 12.3 Å². The third kappa shape index (κ3) is 6.27. The number of aliphatic carboxylic acids is 1. The van der Waals surface area contributed by atoms with E-state index in [2.05, 4.69) is 6.58 Å². The molecule has 0 aromatic carbocycles. The molecule has 0 aliphatic carbocycles. The zero-order chi connectivity index (χ0) is 14.1. The van der Waals surface area contributed by atoms with Crippen LogP contribution in [0.3, 0.4) is 0 Å². The maximum absolute atomic E-state index is 12.2. The molecule has 0 aliphatic heterocycles. The summed E-state index contributed by atoms with van der Waals surface area (Å²) in [5.74, 6) is -0.750. The first-order valence-electron chi connectivity index (χ1n) is 6.28. The average Bonchev–Trinajstić information content (AvgIpc) is 2.25. The van der Waals surface area contributed by atoms with Gasteiger partial charge in [0, 0.05) is 19.6 Å². The molecule has 0 aromatic heterocycles. The summed E-state index contributed by atoms with van der Waals surface area (Å²) in [6, 6.07) is -0.229. The van der Waals surface area contributed by atoms with Crippen molar-refractivity contribution in [2.75, 3.05) is 26.2 Å². The van der Waals surface area contributed by atoms with Gasteiger partial charge in [-0.15, -0.1) is 6.58 Å². The van der Waals surface area contributed by atoms with Gasteiger partial charge in [0.1, 0.15) is 6.54 Å². The molecule has 0 unspecified atom stereocenters. The van der Waals surface area contributed by atoms with Crippen LogP contribution in [-0.2, 0) is 4.79 Å². The predicted molar refractivity (Wildman–Crippen MR) is 71.5 cm³/mol. The molecule has 0 aliphatic rings. The van der Waals surface area contributed by atoms with E-state index in [9.17, 15) is 9.59 Å². The molecular weight excluding hydrogens is 232 g/mol. The minimum absolute atomic E-state index is 0.229. The van der Waals surface area contributed by atoms with Gasteiger partial charge in [0.2, 0.25) is 0 Å².